The minimum absolute atomic E-state index is 0.0255. The summed E-state index contributed by atoms with van der Waals surface area (Å²) in [5.41, 5.74) is -1.38. The van der Waals surface area contributed by atoms with Crippen molar-refractivity contribution in [2.24, 2.45) is 0 Å². The van der Waals surface area contributed by atoms with Crippen LogP contribution in [0.5, 0.6) is 0 Å². The van der Waals surface area contributed by atoms with E-state index < -0.39 is 48.8 Å². The zero-order valence-corrected chi connectivity index (χ0v) is 13.9. The van der Waals surface area contributed by atoms with Crippen molar-refractivity contribution in [2.45, 2.75) is 48.6 Å². The third kappa shape index (κ3) is 4.86. The van der Waals surface area contributed by atoms with Gasteiger partial charge in [-0.1, -0.05) is 0 Å². The summed E-state index contributed by atoms with van der Waals surface area (Å²) >= 11 is 0. The Morgan fingerprint density at radius 1 is 0.920 bits per heavy atom. The van der Waals surface area contributed by atoms with Crippen molar-refractivity contribution in [3.63, 3.8) is 0 Å². The van der Waals surface area contributed by atoms with E-state index in [0.717, 1.165) is 0 Å². The first kappa shape index (κ1) is 20.9. The smallest absolute Gasteiger partial charge is 0.143 e. The van der Waals surface area contributed by atoms with Crippen LogP contribution in [0.2, 0.25) is 0 Å². The predicted molar refractivity (Wildman–Crippen MR) is 81.8 cm³/mol. The molecule has 7 atom stereocenters. The Morgan fingerprint density at radius 3 is 2.12 bits per heavy atom. The fourth-order valence-corrected chi connectivity index (χ4v) is 3.06. The number of hydrogen-bond acceptors (Lipinski definition) is 10. The summed E-state index contributed by atoms with van der Waals surface area (Å²) in [6.45, 7) is -0.693. The van der Waals surface area contributed by atoms with Crippen LogP contribution in [0, 0.1) is 0 Å². The maximum atomic E-state index is 10.3. The van der Waals surface area contributed by atoms with Gasteiger partial charge in [-0.25, -0.2) is 0 Å². The second-order valence-corrected chi connectivity index (χ2v) is 6.39. The second kappa shape index (κ2) is 9.51. The lowest BCUT2D eigenvalue weighted by atomic mass is 9.96. The van der Waals surface area contributed by atoms with E-state index in [4.69, 9.17) is 24.1 Å². The normalized spacial score (nSPS) is 41.5. The van der Waals surface area contributed by atoms with Crippen LogP contribution in [0.3, 0.4) is 0 Å². The predicted octanol–water partition coefficient (Wildman–Crippen LogP) is -3.63. The summed E-state index contributed by atoms with van der Waals surface area (Å²) in [5.74, 6) is 0. The second-order valence-electron chi connectivity index (χ2n) is 6.39. The Morgan fingerprint density at radius 2 is 1.60 bits per heavy atom. The molecular formula is C15H28O10. The standard InChI is InChI=1S/C15H28O10/c16-2-4-23-8-15(14(21)13(20)11(5-17)25-15)7-22-3-1-10-12(19)9(18)6-24-10/h9-14,16-21H,1-8H2. The molecule has 0 amide bonds. The number of aliphatic hydroxyl groups is 6. The Hall–Kier alpha value is -0.400. The molecule has 0 spiro atoms. The van der Waals surface area contributed by atoms with Crippen molar-refractivity contribution >= 4 is 0 Å². The van der Waals surface area contributed by atoms with Crippen LogP contribution in [0.15, 0.2) is 0 Å². The summed E-state index contributed by atoms with van der Waals surface area (Å²) in [7, 11) is 0. The van der Waals surface area contributed by atoms with E-state index in [1.807, 2.05) is 0 Å². The monoisotopic (exact) mass is 368 g/mol. The average molecular weight is 368 g/mol. The highest BCUT2D eigenvalue weighted by Gasteiger charge is 2.54. The maximum absolute atomic E-state index is 10.3. The molecule has 0 aromatic heterocycles. The molecule has 10 nitrogen and oxygen atoms in total. The van der Waals surface area contributed by atoms with Crippen LogP contribution in [-0.2, 0) is 18.9 Å². The highest BCUT2D eigenvalue weighted by atomic mass is 16.6. The summed E-state index contributed by atoms with van der Waals surface area (Å²) in [6, 6.07) is 0. The molecule has 2 saturated heterocycles. The molecule has 2 fully saturated rings. The van der Waals surface area contributed by atoms with Gasteiger partial charge in [0.1, 0.15) is 36.1 Å². The SMILES string of the molecule is OCCOCC1(COCCC2OCC(O)C2O)OC(CO)C(O)C1O. The first-order valence-electron chi connectivity index (χ1n) is 8.34. The third-order valence-corrected chi connectivity index (χ3v) is 4.54. The van der Waals surface area contributed by atoms with E-state index >= 15 is 0 Å². The molecule has 0 aliphatic carbocycles. The summed E-state index contributed by atoms with van der Waals surface area (Å²) in [4.78, 5) is 0. The summed E-state index contributed by atoms with van der Waals surface area (Å²) < 4.78 is 21.6. The molecule has 0 radical (unpaired) electrons. The molecule has 2 rings (SSSR count). The van der Waals surface area contributed by atoms with Gasteiger partial charge in [0.25, 0.3) is 0 Å². The van der Waals surface area contributed by atoms with Gasteiger partial charge in [-0.2, -0.15) is 0 Å². The van der Waals surface area contributed by atoms with E-state index in [9.17, 15) is 25.5 Å². The van der Waals surface area contributed by atoms with Gasteiger partial charge in [-0.3, -0.25) is 0 Å². The minimum Gasteiger partial charge on any atom is -0.394 e. The van der Waals surface area contributed by atoms with Crippen LogP contribution >= 0.6 is 0 Å². The van der Waals surface area contributed by atoms with Crippen molar-refractivity contribution in [1.29, 1.82) is 0 Å². The molecule has 0 aromatic rings. The molecule has 148 valence electrons. The molecule has 2 aliphatic rings. The number of rotatable bonds is 10. The Labute approximate surface area is 145 Å². The third-order valence-electron chi connectivity index (χ3n) is 4.54. The molecular weight excluding hydrogens is 340 g/mol. The molecule has 6 N–H and O–H groups in total. The van der Waals surface area contributed by atoms with Crippen LogP contribution in [-0.4, -0.2) is 119 Å². The van der Waals surface area contributed by atoms with Gasteiger partial charge in [0, 0.05) is 6.61 Å². The van der Waals surface area contributed by atoms with Gasteiger partial charge < -0.3 is 49.6 Å². The zero-order valence-electron chi connectivity index (χ0n) is 13.9. The average Bonchev–Trinajstić information content (AvgIpc) is 3.05. The lowest BCUT2D eigenvalue weighted by Crippen LogP contribution is -2.51. The largest absolute Gasteiger partial charge is 0.394 e. The Balaban J connectivity index is 1.86. The van der Waals surface area contributed by atoms with Gasteiger partial charge in [-0.15, -0.1) is 0 Å². The van der Waals surface area contributed by atoms with Crippen LogP contribution in [0.1, 0.15) is 6.42 Å². The lowest BCUT2D eigenvalue weighted by Gasteiger charge is -2.31. The van der Waals surface area contributed by atoms with E-state index in [-0.39, 0.29) is 39.6 Å². The van der Waals surface area contributed by atoms with Gasteiger partial charge in [0.2, 0.25) is 0 Å². The van der Waals surface area contributed by atoms with Crippen molar-refractivity contribution < 1.29 is 49.6 Å². The first-order chi connectivity index (χ1) is 11.9. The molecule has 7 unspecified atom stereocenters. The molecule has 0 bridgehead atoms. The molecule has 2 aliphatic heterocycles. The van der Waals surface area contributed by atoms with E-state index in [1.54, 1.807) is 0 Å². The number of aliphatic hydroxyl groups excluding tert-OH is 6. The van der Waals surface area contributed by atoms with E-state index in [0.29, 0.717) is 6.42 Å². The molecule has 0 aromatic carbocycles. The Bertz CT molecular complexity index is 397. The summed E-state index contributed by atoms with van der Waals surface area (Å²) in [5, 5.41) is 57.4. The quantitative estimate of drug-likeness (QED) is 0.213. The number of ether oxygens (including phenoxy) is 4. The molecule has 25 heavy (non-hydrogen) atoms. The van der Waals surface area contributed by atoms with Crippen LogP contribution in [0.4, 0.5) is 0 Å². The van der Waals surface area contributed by atoms with Crippen molar-refractivity contribution in [3.8, 4) is 0 Å². The van der Waals surface area contributed by atoms with Crippen molar-refractivity contribution in [2.75, 3.05) is 46.2 Å². The summed E-state index contributed by atoms with van der Waals surface area (Å²) in [6.07, 6.45) is -5.69. The van der Waals surface area contributed by atoms with Gasteiger partial charge >= 0.3 is 0 Å². The lowest BCUT2D eigenvalue weighted by molar-refractivity contribution is -0.166. The zero-order chi connectivity index (χ0) is 18.4. The van der Waals surface area contributed by atoms with E-state index in [1.165, 1.54) is 0 Å². The molecule has 2 heterocycles. The van der Waals surface area contributed by atoms with E-state index in [2.05, 4.69) is 0 Å². The Kier molecular flexibility index (Phi) is 7.95. The van der Waals surface area contributed by atoms with Gasteiger partial charge in [-0.05, 0) is 6.42 Å². The molecule has 0 saturated carbocycles. The van der Waals surface area contributed by atoms with Crippen LogP contribution < -0.4 is 0 Å². The fraction of sp³-hybridized carbons (Fsp3) is 1.00. The maximum Gasteiger partial charge on any atom is 0.143 e. The highest BCUT2D eigenvalue weighted by Crippen LogP contribution is 2.32. The fourth-order valence-electron chi connectivity index (χ4n) is 3.06. The topological polar surface area (TPSA) is 158 Å². The first-order valence-corrected chi connectivity index (χ1v) is 8.34. The highest BCUT2D eigenvalue weighted by molar-refractivity contribution is 5.02. The van der Waals surface area contributed by atoms with Gasteiger partial charge in [0.05, 0.1) is 45.7 Å². The van der Waals surface area contributed by atoms with Gasteiger partial charge in [0.15, 0.2) is 0 Å². The van der Waals surface area contributed by atoms with Crippen LogP contribution in [0.25, 0.3) is 0 Å². The van der Waals surface area contributed by atoms with Crippen molar-refractivity contribution in [1.82, 2.24) is 0 Å². The minimum atomic E-state index is -1.38. The molecule has 10 heteroatoms. The van der Waals surface area contributed by atoms with Crippen molar-refractivity contribution in [3.05, 3.63) is 0 Å². The number of hydrogen-bond donors (Lipinski definition) is 6.